The summed E-state index contributed by atoms with van der Waals surface area (Å²) in [6.07, 6.45) is 6.43. The van der Waals surface area contributed by atoms with Gasteiger partial charge in [-0.2, -0.15) is 16.8 Å². The molecule has 2 aromatic heterocycles. The Bertz CT molecular complexity index is 3410. The number of carbonyl (C=O) groups is 2. The van der Waals surface area contributed by atoms with Crippen LogP contribution >= 0.6 is 22.7 Å². The number of hydrogen-bond donors (Lipinski definition) is 1. The molecule has 0 spiro atoms. The number of benzene rings is 5. The number of nitrogens with one attached hydrogen (secondary N) is 1. The summed E-state index contributed by atoms with van der Waals surface area (Å²) in [5.74, 6) is 0.947. The molecule has 6 heterocycles. The molecule has 7 aromatic rings. The van der Waals surface area contributed by atoms with Gasteiger partial charge in [0.1, 0.15) is 0 Å². The highest BCUT2D eigenvalue weighted by molar-refractivity contribution is 8.10. The van der Waals surface area contributed by atoms with Gasteiger partial charge in [-0.25, -0.2) is 18.4 Å². The first kappa shape index (κ1) is 64.8. The summed E-state index contributed by atoms with van der Waals surface area (Å²) in [5.41, 5.74) is 4.76. The number of sulfonamides is 3. The second-order valence-corrected chi connectivity index (χ2v) is 25.9. The Morgan fingerprint density at radius 3 is 1.29 bits per heavy atom. The van der Waals surface area contributed by atoms with Gasteiger partial charge < -0.3 is 9.80 Å². The summed E-state index contributed by atoms with van der Waals surface area (Å²) < 4.78 is 82.8. The molecule has 4 unspecified atom stereocenters. The number of hydrogen-bond acceptors (Lipinski definition) is 14. The van der Waals surface area contributed by atoms with E-state index in [4.69, 9.17) is 0 Å². The summed E-state index contributed by atoms with van der Waals surface area (Å²) in [6.45, 7) is 22.5. The Morgan fingerprint density at radius 2 is 0.890 bits per heavy atom. The van der Waals surface area contributed by atoms with Gasteiger partial charge in [0.2, 0.25) is 16.9 Å². The van der Waals surface area contributed by atoms with E-state index >= 15 is 0 Å². The highest BCUT2D eigenvalue weighted by Crippen LogP contribution is 2.37. The predicted molar refractivity (Wildman–Crippen MR) is 334 cm³/mol. The van der Waals surface area contributed by atoms with Crippen molar-refractivity contribution in [3.8, 4) is 0 Å². The Morgan fingerprint density at radius 1 is 0.488 bits per heavy atom. The number of rotatable bonds is 14. The van der Waals surface area contributed by atoms with Gasteiger partial charge in [0.15, 0.2) is 5.13 Å². The maximum atomic E-state index is 13.8. The van der Waals surface area contributed by atoms with Crippen LogP contribution in [-0.2, 0) is 39.7 Å². The fraction of sp³-hybridized carbons (Fsp3) is 0.377. The third-order valence-electron chi connectivity index (χ3n) is 14.1. The van der Waals surface area contributed by atoms with Crippen LogP contribution in [0.25, 0.3) is 0 Å². The van der Waals surface area contributed by atoms with Gasteiger partial charge in [0, 0.05) is 60.7 Å². The van der Waals surface area contributed by atoms with Crippen molar-refractivity contribution >= 4 is 86.2 Å². The molecular weight excluding hydrogens is 1130 g/mol. The van der Waals surface area contributed by atoms with Crippen LogP contribution in [0.5, 0.6) is 0 Å². The van der Waals surface area contributed by atoms with E-state index in [-0.39, 0.29) is 43.7 Å². The molecule has 4 fully saturated rings. The Balaban J connectivity index is 0.000000242. The fourth-order valence-electron chi connectivity index (χ4n) is 10.2. The smallest absolute Gasteiger partial charge is 0.279 e. The van der Waals surface area contributed by atoms with Gasteiger partial charge in [0.05, 0.1) is 26.8 Å². The number of aromatic nitrogens is 2. The van der Waals surface area contributed by atoms with Crippen LogP contribution < -0.4 is 18.2 Å². The van der Waals surface area contributed by atoms with Gasteiger partial charge in [-0.15, -0.1) is 26.4 Å². The highest BCUT2D eigenvalue weighted by Gasteiger charge is 2.43. The molecule has 0 radical (unpaired) electrons. The molecule has 4 saturated heterocycles. The van der Waals surface area contributed by atoms with Crippen LogP contribution in [0.4, 0.5) is 21.6 Å². The topological polar surface area (TPSA) is 191 Å². The van der Waals surface area contributed by atoms with Crippen molar-refractivity contribution in [1.82, 2.24) is 19.8 Å². The fourth-order valence-corrected chi connectivity index (χ4v) is 16.7. The zero-order valence-corrected chi connectivity index (χ0v) is 52.4. The Hall–Kier alpha value is -6.33. The van der Waals surface area contributed by atoms with Crippen molar-refractivity contribution in [1.29, 1.82) is 0 Å². The van der Waals surface area contributed by atoms with E-state index in [1.165, 1.54) is 70.4 Å². The normalized spacial score (nSPS) is 19.0. The number of aryl methyl sites for hydroxylation is 1. The molecule has 0 aliphatic carbocycles. The maximum Gasteiger partial charge on any atom is 0.279 e. The summed E-state index contributed by atoms with van der Waals surface area (Å²) in [7, 11) is -12.8. The van der Waals surface area contributed by atoms with E-state index in [1.807, 2.05) is 86.6 Å². The first-order chi connectivity index (χ1) is 39.7. The third-order valence-corrected chi connectivity index (χ3v) is 21.4. The molecule has 0 bridgehead atoms. The molecule has 16 nitrogen and oxygen atoms in total. The van der Waals surface area contributed by atoms with Crippen LogP contribution in [0.1, 0.15) is 110 Å². The van der Waals surface area contributed by atoms with Crippen LogP contribution in [0.3, 0.4) is 0 Å². The molecule has 4 atom stereocenters. The lowest BCUT2D eigenvalue weighted by atomic mass is 9.99. The van der Waals surface area contributed by atoms with E-state index < -0.39 is 30.1 Å². The predicted octanol–water partition coefficient (Wildman–Crippen LogP) is 12.3. The molecule has 11 rings (SSSR count). The average Bonchev–Trinajstić information content (AvgIpc) is 4.46. The van der Waals surface area contributed by atoms with Crippen LogP contribution in [0, 0.1) is 6.92 Å². The van der Waals surface area contributed by atoms with E-state index in [0.717, 1.165) is 68.0 Å². The molecule has 5 aromatic carbocycles. The monoisotopic (exact) mass is 1210 g/mol. The van der Waals surface area contributed by atoms with E-state index in [2.05, 4.69) is 60.9 Å². The lowest BCUT2D eigenvalue weighted by molar-refractivity contribution is -0.122. The number of carbonyl (C=O) groups excluding carboxylic acids is 2. The van der Waals surface area contributed by atoms with Crippen molar-refractivity contribution in [2.75, 3.05) is 57.5 Å². The Labute approximate surface area is 495 Å². The average molecular weight is 1210 g/mol. The SMILES string of the molecule is CC.CC.CC.CC.Cc1ccc(S(=O)(=O)N(c2nccs2)S(=O)(=O)c2ccc(N3CCC(N4CCC(c5ccccc5)C4)C3=O)cc2)cc1.O=C1C(N2CCC(c3ccccc3)C2)CCN1c1ccc(S(=O)(=O)Nc2nccs2)cc1. The first-order valence-corrected chi connectivity index (χ1v) is 34.4. The molecule has 4 aliphatic heterocycles. The van der Waals surface area contributed by atoms with Crippen molar-refractivity contribution in [3.05, 3.63) is 173 Å². The van der Waals surface area contributed by atoms with Crippen LogP contribution in [0.15, 0.2) is 171 Å². The van der Waals surface area contributed by atoms with Crippen molar-refractivity contribution in [3.63, 3.8) is 0 Å². The molecule has 4 aliphatic rings. The number of amides is 2. The van der Waals surface area contributed by atoms with Gasteiger partial charge in [0.25, 0.3) is 30.1 Å². The van der Waals surface area contributed by atoms with Crippen LogP contribution in [0.2, 0.25) is 0 Å². The van der Waals surface area contributed by atoms with Gasteiger partial charge in [-0.05, 0) is 129 Å². The molecule has 2 amide bonds. The number of likely N-dealkylation sites (tertiary alicyclic amines) is 2. The molecule has 82 heavy (non-hydrogen) atoms. The molecule has 1 N–H and O–H groups in total. The summed E-state index contributed by atoms with van der Waals surface area (Å²) in [5, 5.41) is 3.37. The highest BCUT2D eigenvalue weighted by atomic mass is 32.3. The minimum absolute atomic E-state index is 0.00863. The van der Waals surface area contributed by atoms with Gasteiger partial charge in [-0.3, -0.25) is 24.1 Å². The second kappa shape index (κ2) is 30.3. The third kappa shape index (κ3) is 15.1. The molecule has 0 saturated carbocycles. The minimum atomic E-state index is -4.57. The van der Waals surface area contributed by atoms with Gasteiger partial charge in [-0.1, -0.05) is 134 Å². The largest absolute Gasteiger partial charge is 0.311 e. The minimum Gasteiger partial charge on any atom is -0.311 e. The van der Waals surface area contributed by atoms with Gasteiger partial charge >= 0.3 is 0 Å². The van der Waals surface area contributed by atoms with E-state index in [0.29, 0.717) is 45.9 Å². The van der Waals surface area contributed by atoms with Crippen molar-refractivity contribution in [2.24, 2.45) is 0 Å². The lowest BCUT2D eigenvalue weighted by Gasteiger charge is -2.24. The Kier molecular flexibility index (Phi) is 23.9. The van der Waals surface area contributed by atoms with Crippen LogP contribution in [-0.4, -0.2) is 108 Å². The lowest BCUT2D eigenvalue weighted by Crippen LogP contribution is -2.40. The quantitative estimate of drug-likeness (QED) is 0.109. The zero-order chi connectivity index (χ0) is 59.6. The molecule has 440 valence electrons. The number of nitrogens with zero attached hydrogens (tertiary/aromatic N) is 7. The van der Waals surface area contributed by atoms with Crippen molar-refractivity contribution < 1.29 is 34.8 Å². The summed E-state index contributed by atoms with van der Waals surface area (Å²) in [4.78, 5) is 42.4. The molecule has 21 heteroatoms. The number of anilines is 4. The standard InChI is InChI=1S/C30H30N4O5S3.C23H24N4O3S2.4C2H6/c1-22-7-11-26(12-8-22)41(36,37)34(30-31-17-20-40-30)42(38,39)27-13-9-25(10-14-27)33-19-16-28(29(33)35)32-18-15-24(21-32)23-5-3-2-4-6-23;28-22-21(26-13-10-18(16-26)17-4-2-1-3-5-17)11-14-27(22)19-6-8-20(9-7-19)32(29,30)25-23-24-12-15-31-23;4*1-2/h2-14,17,20,24,28H,15-16,18-19,21H2,1H3;1-9,12,15,18,21H,10-11,13-14,16H2,(H,24,25);4*1-2H3. The summed E-state index contributed by atoms with van der Waals surface area (Å²) >= 11 is 2.13. The number of thiazole rings is 2. The first-order valence-electron chi connectivity index (χ1n) is 28.3. The summed E-state index contributed by atoms with van der Waals surface area (Å²) in [6, 6.07) is 38.8. The molecular formula is C61H78N8O8S5. The van der Waals surface area contributed by atoms with E-state index in [1.54, 1.807) is 57.8 Å². The second-order valence-electron chi connectivity index (χ2n) is 18.6. The zero-order valence-electron chi connectivity index (χ0n) is 48.3. The van der Waals surface area contributed by atoms with E-state index in [9.17, 15) is 34.8 Å². The van der Waals surface area contributed by atoms with Crippen molar-refractivity contribution in [2.45, 2.75) is 127 Å². The maximum absolute atomic E-state index is 13.8.